The van der Waals surface area contributed by atoms with E-state index in [9.17, 15) is 9.59 Å². The summed E-state index contributed by atoms with van der Waals surface area (Å²) in [6.07, 6.45) is 2.20. The summed E-state index contributed by atoms with van der Waals surface area (Å²) in [5, 5.41) is 14.8. The largest absolute Gasteiger partial charge is 0.482 e. The Bertz CT molecular complexity index is 778. The standard InChI is InChI=1S/C16H18N4O3S2/c1-2-3-6-17-15-19-20-16(25-15)24-9-12(21)10-4-5-13-11(7-10)18-14(22)8-23-13/h4-5,7H,2-3,6,8-9H2,1H3,(H,17,19)(H,18,22). The number of benzene rings is 1. The highest BCUT2D eigenvalue weighted by molar-refractivity contribution is 8.01. The van der Waals surface area contributed by atoms with Crippen molar-refractivity contribution < 1.29 is 14.3 Å². The van der Waals surface area contributed by atoms with Crippen LogP contribution >= 0.6 is 23.1 Å². The fraction of sp³-hybridized carbons (Fsp3) is 0.375. The molecule has 132 valence electrons. The molecule has 0 atom stereocenters. The predicted molar refractivity (Wildman–Crippen MR) is 98.9 cm³/mol. The van der Waals surface area contributed by atoms with Crippen LogP contribution in [-0.2, 0) is 4.79 Å². The monoisotopic (exact) mass is 378 g/mol. The van der Waals surface area contributed by atoms with E-state index in [-0.39, 0.29) is 24.1 Å². The number of carbonyl (C=O) groups excluding carboxylic acids is 2. The molecule has 2 heterocycles. The number of rotatable bonds is 8. The van der Waals surface area contributed by atoms with Crippen molar-refractivity contribution >= 4 is 45.6 Å². The van der Waals surface area contributed by atoms with Crippen LogP contribution in [0.15, 0.2) is 22.5 Å². The van der Waals surface area contributed by atoms with Gasteiger partial charge in [0, 0.05) is 12.1 Å². The average molecular weight is 378 g/mol. The van der Waals surface area contributed by atoms with Crippen molar-refractivity contribution in [2.75, 3.05) is 29.5 Å². The van der Waals surface area contributed by atoms with Gasteiger partial charge < -0.3 is 15.4 Å². The van der Waals surface area contributed by atoms with Gasteiger partial charge in [-0.1, -0.05) is 36.4 Å². The Hall–Kier alpha value is -2.13. The Morgan fingerprint density at radius 1 is 1.44 bits per heavy atom. The van der Waals surface area contributed by atoms with Gasteiger partial charge in [-0.3, -0.25) is 9.59 Å². The molecule has 0 saturated heterocycles. The van der Waals surface area contributed by atoms with Crippen LogP contribution in [0.4, 0.5) is 10.8 Å². The molecule has 0 bridgehead atoms. The van der Waals surface area contributed by atoms with E-state index in [1.165, 1.54) is 23.1 Å². The van der Waals surface area contributed by atoms with Crippen LogP contribution in [0.3, 0.4) is 0 Å². The van der Waals surface area contributed by atoms with Gasteiger partial charge in [-0.15, -0.1) is 10.2 Å². The zero-order valence-corrected chi connectivity index (χ0v) is 15.3. The smallest absolute Gasteiger partial charge is 0.262 e. The molecule has 0 fully saturated rings. The van der Waals surface area contributed by atoms with Gasteiger partial charge in [0.1, 0.15) is 5.75 Å². The van der Waals surface area contributed by atoms with Crippen LogP contribution in [-0.4, -0.2) is 40.8 Å². The number of anilines is 2. The van der Waals surface area contributed by atoms with Crippen LogP contribution in [0.5, 0.6) is 5.75 Å². The average Bonchev–Trinajstić information content (AvgIpc) is 3.07. The van der Waals surface area contributed by atoms with Crippen LogP contribution in [0.2, 0.25) is 0 Å². The molecule has 0 unspecified atom stereocenters. The number of carbonyl (C=O) groups is 2. The zero-order chi connectivity index (χ0) is 17.6. The lowest BCUT2D eigenvalue weighted by Crippen LogP contribution is -2.25. The minimum absolute atomic E-state index is 0.00180. The Kier molecular flexibility index (Phi) is 5.87. The fourth-order valence-corrected chi connectivity index (χ4v) is 3.85. The highest BCUT2D eigenvalue weighted by Crippen LogP contribution is 2.30. The third-order valence-electron chi connectivity index (χ3n) is 3.47. The minimum Gasteiger partial charge on any atom is -0.482 e. The Morgan fingerprint density at radius 2 is 2.32 bits per heavy atom. The molecule has 7 nitrogen and oxygen atoms in total. The maximum atomic E-state index is 12.4. The van der Waals surface area contributed by atoms with Crippen molar-refractivity contribution in [1.29, 1.82) is 0 Å². The minimum atomic E-state index is -0.219. The van der Waals surface area contributed by atoms with Gasteiger partial charge in [0.2, 0.25) is 5.13 Å². The number of unbranched alkanes of at least 4 members (excludes halogenated alkanes) is 1. The first-order valence-corrected chi connectivity index (χ1v) is 9.76. The Morgan fingerprint density at radius 3 is 3.16 bits per heavy atom. The van der Waals surface area contributed by atoms with Gasteiger partial charge in [-0.2, -0.15) is 0 Å². The number of amides is 1. The second-order valence-corrected chi connectivity index (χ2v) is 7.61. The number of Topliss-reactive ketones (excluding diaryl/α,β-unsaturated/α-hetero) is 1. The summed E-state index contributed by atoms with van der Waals surface area (Å²) in [5.74, 6) is 0.583. The maximum absolute atomic E-state index is 12.4. The fourth-order valence-electron chi connectivity index (χ4n) is 2.18. The first-order valence-electron chi connectivity index (χ1n) is 7.96. The number of hydrogen-bond donors (Lipinski definition) is 2. The lowest BCUT2D eigenvalue weighted by molar-refractivity contribution is -0.118. The van der Waals surface area contributed by atoms with Crippen molar-refractivity contribution in [2.24, 2.45) is 0 Å². The number of aromatic nitrogens is 2. The van der Waals surface area contributed by atoms with Crippen LogP contribution in [0.1, 0.15) is 30.1 Å². The summed E-state index contributed by atoms with van der Waals surface area (Å²) in [6, 6.07) is 5.05. The molecule has 1 amide bonds. The molecular formula is C16H18N4O3S2. The van der Waals surface area contributed by atoms with Gasteiger partial charge in [0.25, 0.3) is 5.91 Å². The van der Waals surface area contributed by atoms with Crippen LogP contribution in [0, 0.1) is 0 Å². The number of fused-ring (bicyclic) bond motifs is 1. The third-order valence-corrected chi connectivity index (χ3v) is 5.49. The lowest BCUT2D eigenvalue weighted by Gasteiger charge is -2.18. The van der Waals surface area contributed by atoms with E-state index in [1.54, 1.807) is 18.2 Å². The topological polar surface area (TPSA) is 93.2 Å². The van der Waals surface area contributed by atoms with Crippen molar-refractivity contribution in [3.05, 3.63) is 23.8 Å². The molecule has 2 N–H and O–H groups in total. The van der Waals surface area contributed by atoms with Crippen molar-refractivity contribution in [2.45, 2.75) is 24.1 Å². The first kappa shape index (κ1) is 17.7. The van der Waals surface area contributed by atoms with Crippen molar-refractivity contribution in [3.63, 3.8) is 0 Å². The maximum Gasteiger partial charge on any atom is 0.262 e. The number of ketones is 1. The molecule has 0 spiro atoms. The van der Waals surface area contributed by atoms with E-state index in [1.807, 2.05) is 0 Å². The SMILES string of the molecule is CCCCNc1nnc(SCC(=O)c2ccc3c(c2)NC(=O)CO3)s1. The van der Waals surface area contributed by atoms with E-state index in [0.29, 0.717) is 17.0 Å². The molecule has 0 aliphatic carbocycles. The quantitative estimate of drug-likeness (QED) is 0.414. The van der Waals surface area contributed by atoms with E-state index in [0.717, 1.165) is 28.9 Å². The Labute approximate surface area is 153 Å². The number of nitrogens with one attached hydrogen (secondary N) is 2. The van der Waals surface area contributed by atoms with E-state index >= 15 is 0 Å². The molecule has 1 aromatic carbocycles. The normalized spacial score (nSPS) is 12.9. The van der Waals surface area contributed by atoms with Gasteiger partial charge in [0.05, 0.1) is 11.4 Å². The highest BCUT2D eigenvalue weighted by atomic mass is 32.2. The summed E-state index contributed by atoms with van der Waals surface area (Å²) in [4.78, 5) is 23.7. The summed E-state index contributed by atoms with van der Waals surface area (Å²) in [5.41, 5.74) is 1.06. The van der Waals surface area contributed by atoms with Gasteiger partial charge in [-0.25, -0.2) is 0 Å². The summed E-state index contributed by atoms with van der Waals surface area (Å²) < 4.78 is 6.04. The molecular weight excluding hydrogens is 360 g/mol. The van der Waals surface area contributed by atoms with Gasteiger partial charge in [0.15, 0.2) is 16.7 Å². The van der Waals surface area contributed by atoms with Crippen molar-refractivity contribution in [3.8, 4) is 5.75 Å². The zero-order valence-electron chi connectivity index (χ0n) is 13.7. The molecule has 0 saturated carbocycles. The molecule has 25 heavy (non-hydrogen) atoms. The molecule has 0 radical (unpaired) electrons. The highest BCUT2D eigenvalue weighted by Gasteiger charge is 2.18. The van der Waals surface area contributed by atoms with Crippen LogP contribution < -0.4 is 15.4 Å². The molecule has 1 aliphatic heterocycles. The summed E-state index contributed by atoms with van der Waals surface area (Å²) in [7, 11) is 0. The molecule has 3 rings (SSSR count). The van der Waals surface area contributed by atoms with E-state index < -0.39 is 0 Å². The second-order valence-electron chi connectivity index (χ2n) is 5.41. The van der Waals surface area contributed by atoms with Crippen LogP contribution in [0.25, 0.3) is 0 Å². The molecule has 1 aromatic heterocycles. The number of hydrogen-bond acceptors (Lipinski definition) is 8. The van der Waals surface area contributed by atoms with Gasteiger partial charge >= 0.3 is 0 Å². The Balaban J connectivity index is 1.56. The van der Waals surface area contributed by atoms with Gasteiger partial charge in [-0.05, 0) is 24.6 Å². The predicted octanol–water partition coefficient (Wildman–Crippen LogP) is 3.06. The number of nitrogens with zero attached hydrogens (tertiary/aromatic N) is 2. The number of thioether (sulfide) groups is 1. The van der Waals surface area contributed by atoms with E-state index in [2.05, 4.69) is 27.8 Å². The second kappa shape index (κ2) is 8.30. The molecule has 1 aliphatic rings. The number of ether oxygens (including phenoxy) is 1. The van der Waals surface area contributed by atoms with Crippen molar-refractivity contribution in [1.82, 2.24) is 10.2 Å². The lowest BCUT2D eigenvalue weighted by atomic mass is 10.1. The molecule has 2 aromatic rings. The summed E-state index contributed by atoms with van der Waals surface area (Å²) >= 11 is 2.80. The van der Waals surface area contributed by atoms with E-state index in [4.69, 9.17) is 4.74 Å². The molecule has 9 heteroatoms. The summed E-state index contributed by atoms with van der Waals surface area (Å²) in [6.45, 7) is 3.01. The first-order chi connectivity index (χ1) is 12.2. The third kappa shape index (κ3) is 4.70.